The highest BCUT2D eigenvalue weighted by molar-refractivity contribution is 6.31. The maximum atomic E-state index is 13.1. The minimum atomic E-state index is -0.609. The molecule has 178 valence electrons. The molecule has 0 saturated carbocycles. The van der Waals surface area contributed by atoms with Gasteiger partial charge in [-0.2, -0.15) is 0 Å². The van der Waals surface area contributed by atoms with Crippen LogP contribution in [-0.2, 0) is 17.6 Å². The van der Waals surface area contributed by atoms with E-state index in [4.69, 9.17) is 14.9 Å². The van der Waals surface area contributed by atoms with Crippen LogP contribution in [0.15, 0.2) is 18.2 Å². The monoisotopic (exact) mass is 466 g/mol. The van der Waals surface area contributed by atoms with Gasteiger partial charge in [0.15, 0.2) is 11.6 Å². The van der Waals surface area contributed by atoms with Gasteiger partial charge in [0.2, 0.25) is 5.78 Å². The number of terminal acetylenes is 2. The number of aromatic hydroxyl groups is 2. The van der Waals surface area contributed by atoms with E-state index >= 15 is 0 Å². The van der Waals surface area contributed by atoms with Gasteiger partial charge in [0, 0.05) is 29.7 Å². The van der Waals surface area contributed by atoms with Crippen molar-refractivity contribution in [3.05, 3.63) is 51.6 Å². The summed E-state index contributed by atoms with van der Waals surface area (Å²) in [5.41, 5.74) is 0.301. The van der Waals surface area contributed by atoms with Crippen molar-refractivity contribution in [2.75, 3.05) is 20.8 Å². The number of fused-ring (bicyclic) bond motifs is 3. The molecule has 0 spiro atoms. The molecule has 8 nitrogen and oxygen atoms in total. The van der Waals surface area contributed by atoms with Crippen molar-refractivity contribution in [2.45, 2.75) is 19.3 Å². The number of aliphatic hydroxyl groups excluding tert-OH is 2. The molecule has 2 aliphatic rings. The van der Waals surface area contributed by atoms with E-state index in [2.05, 4.69) is 25.7 Å². The molecule has 8 heteroatoms. The van der Waals surface area contributed by atoms with Crippen LogP contribution >= 0.6 is 0 Å². The van der Waals surface area contributed by atoms with E-state index in [1.54, 1.807) is 12.1 Å². The molecule has 0 heterocycles. The van der Waals surface area contributed by atoms with Crippen LogP contribution in [0.4, 0.5) is 0 Å². The summed E-state index contributed by atoms with van der Waals surface area (Å²) < 4.78 is 5.20. The van der Waals surface area contributed by atoms with E-state index in [-0.39, 0.29) is 63.7 Å². The van der Waals surface area contributed by atoms with Crippen LogP contribution in [0.5, 0.6) is 17.2 Å². The lowest BCUT2D eigenvalue weighted by atomic mass is 9.75. The number of methoxy groups -OCH3 is 1. The van der Waals surface area contributed by atoms with Gasteiger partial charge in [-0.3, -0.25) is 14.4 Å². The third kappa shape index (κ3) is 4.51. The number of ether oxygens (including phenoxy) is 1. The van der Waals surface area contributed by atoms with Crippen LogP contribution < -0.4 is 4.74 Å². The molecule has 0 aromatic heterocycles. The van der Waals surface area contributed by atoms with Crippen molar-refractivity contribution in [1.82, 2.24) is 0 Å². The fourth-order valence-electron chi connectivity index (χ4n) is 4.21. The summed E-state index contributed by atoms with van der Waals surface area (Å²) >= 11 is 0. The molecule has 0 radical (unpaired) electrons. The number of benzene rings is 2. The topological polar surface area (TPSA) is 141 Å². The van der Waals surface area contributed by atoms with Crippen molar-refractivity contribution in [3.63, 3.8) is 0 Å². The Morgan fingerprint density at radius 2 is 1.53 bits per heavy atom. The number of Topliss-reactive ketones (excluding diaryl/α,β-unsaturated/α-hetero) is 1. The molecule has 4 N–H and O–H groups in total. The standard InChI is InChI=1S/C21H18O7.2C2H2.CH4O/c1-28-14-4-2-3-11-15(14)21(27)17-16(19(11)25)20(26)12-7-9(13(23)8-22)5-6-10(12)18(17)24;3*1-2/h2-4,9,22,24,26H,5-8H2,1H3;2*1-2H;2H,1H3/t9-;;;/m0.../s1. The maximum Gasteiger partial charge on any atom is 0.202 e. The van der Waals surface area contributed by atoms with Crippen molar-refractivity contribution in [2.24, 2.45) is 5.92 Å². The fraction of sp³-hybridized carbons (Fsp3) is 0.269. The summed E-state index contributed by atoms with van der Waals surface area (Å²) in [5, 5.41) is 37.7. The minimum absolute atomic E-state index is 0.0568. The van der Waals surface area contributed by atoms with Crippen LogP contribution in [0.3, 0.4) is 0 Å². The zero-order valence-electron chi connectivity index (χ0n) is 18.9. The molecule has 0 bridgehead atoms. The Morgan fingerprint density at radius 3 is 2.09 bits per heavy atom. The molecule has 0 aliphatic heterocycles. The smallest absolute Gasteiger partial charge is 0.202 e. The van der Waals surface area contributed by atoms with Crippen LogP contribution in [0.2, 0.25) is 0 Å². The number of aliphatic hydroxyl groups is 2. The molecular formula is C26H26O8. The van der Waals surface area contributed by atoms with Gasteiger partial charge in [-0.05, 0) is 25.3 Å². The lowest BCUT2D eigenvalue weighted by Crippen LogP contribution is -2.28. The van der Waals surface area contributed by atoms with Gasteiger partial charge in [-0.1, -0.05) is 12.1 Å². The predicted octanol–water partition coefficient (Wildman–Crippen LogP) is 1.66. The molecule has 4 rings (SSSR count). The van der Waals surface area contributed by atoms with E-state index in [9.17, 15) is 24.6 Å². The first-order chi connectivity index (χ1) is 16.4. The molecule has 0 amide bonds. The highest BCUT2D eigenvalue weighted by Crippen LogP contribution is 2.47. The normalized spacial score (nSPS) is 14.8. The van der Waals surface area contributed by atoms with Gasteiger partial charge in [0.1, 0.15) is 23.9 Å². The van der Waals surface area contributed by atoms with Gasteiger partial charge in [-0.15, -0.1) is 25.7 Å². The van der Waals surface area contributed by atoms with Gasteiger partial charge in [0.05, 0.1) is 23.8 Å². The second-order valence-corrected chi connectivity index (χ2v) is 7.01. The van der Waals surface area contributed by atoms with Crippen LogP contribution in [0, 0.1) is 31.6 Å². The van der Waals surface area contributed by atoms with E-state index < -0.39 is 24.1 Å². The number of rotatable bonds is 3. The van der Waals surface area contributed by atoms with E-state index in [0.717, 1.165) is 7.11 Å². The highest BCUT2D eigenvalue weighted by Gasteiger charge is 2.40. The van der Waals surface area contributed by atoms with Crippen molar-refractivity contribution >= 4 is 17.3 Å². The fourth-order valence-corrected chi connectivity index (χ4v) is 4.21. The maximum absolute atomic E-state index is 13.1. The lowest BCUT2D eigenvalue weighted by molar-refractivity contribution is -0.125. The molecular weight excluding hydrogens is 440 g/mol. The second-order valence-electron chi connectivity index (χ2n) is 7.01. The molecule has 1 atom stereocenters. The first-order valence-electron chi connectivity index (χ1n) is 10.0. The van der Waals surface area contributed by atoms with Gasteiger partial charge < -0.3 is 25.2 Å². The van der Waals surface area contributed by atoms with Crippen molar-refractivity contribution in [1.29, 1.82) is 0 Å². The summed E-state index contributed by atoms with van der Waals surface area (Å²) in [4.78, 5) is 38.1. The van der Waals surface area contributed by atoms with Crippen LogP contribution in [-0.4, -0.2) is 58.6 Å². The van der Waals surface area contributed by atoms with Gasteiger partial charge >= 0.3 is 0 Å². The number of hydrogen-bond donors (Lipinski definition) is 4. The number of ketones is 3. The number of carbonyl (C=O) groups excluding carboxylic acids is 3. The Labute approximate surface area is 197 Å². The first-order valence-corrected chi connectivity index (χ1v) is 10.0. The number of hydrogen-bond acceptors (Lipinski definition) is 8. The summed E-state index contributed by atoms with van der Waals surface area (Å²) in [6.45, 7) is -0.609. The summed E-state index contributed by atoms with van der Waals surface area (Å²) in [5.74, 6) is -2.56. The Bertz CT molecular complexity index is 1130. The molecule has 2 aromatic rings. The van der Waals surface area contributed by atoms with Crippen molar-refractivity contribution < 1.29 is 39.5 Å². The Kier molecular flexibility index (Phi) is 10.0. The summed E-state index contributed by atoms with van der Waals surface area (Å²) in [6, 6.07) is 4.59. The minimum Gasteiger partial charge on any atom is -0.507 e. The Hall–Kier alpha value is -4.11. The van der Waals surface area contributed by atoms with E-state index in [1.165, 1.54) is 13.2 Å². The molecule has 34 heavy (non-hydrogen) atoms. The van der Waals surface area contributed by atoms with E-state index in [1.807, 2.05) is 0 Å². The average molecular weight is 466 g/mol. The zero-order valence-corrected chi connectivity index (χ0v) is 18.9. The summed E-state index contributed by atoms with van der Waals surface area (Å²) in [7, 11) is 2.38. The SMILES string of the molecule is C#C.C#C.CO.COc1cccc2c1C(=O)c1c(O)c3c(c(O)c1C2=O)C[C@@H](C(=O)CO)CC3. The third-order valence-corrected chi connectivity index (χ3v) is 5.64. The first kappa shape index (κ1) is 27.9. The molecule has 2 aromatic carbocycles. The lowest BCUT2D eigenvalue weighted by Gasteiger charge is -2.29. The highest BCUT2D eigenvalue weighted by atomic mass is 16.5. The Balaban J connectivity index is 0.000000894. The summed E-state index contributed by atoms with van der Waals surface area (Å²) in [6.07, 6.45) is 16.7. The predicted molar refractivity (Wildman–Crippen MR) is 125 cm³/mol. The second kappa shape index (κ2) is 12.2. The van der Waals surface area contributed by atoms with Gasteiger partial charge in [-0.25, -0.2) is 0 Å². The van der Waals surface area contributed by atoms with Gasteiger partial charge in [0.25, 0.3) is 0 Å². The number of phenolic OH excluding ortho intramolecular Hbond substituents is 2. The van der Waals surface area contributed by atoms with Crippen LogP contribution in [0.25, 0.3) is 0 Å². The zero-order chi connectivity index (χ0) is 26.2. The number of phenols is 2. The third-order valence-electron chi connectivity index (χ3n) is 5.64. The van der Waals surface area contributed by atoms with Crippen molar-refractivity contribution in [3.8, 4) is 42.9 Å². The van der Waals surface area contributed by atoms with Crippen LogP contribution in [0.1, 0.15) is 49.4 Å². The molecule has 2 aliphatic carbocycles. The Morgan fingerprint density at radius 1 is 0.971 bits per heavy atom. The molecule has 0 saturated heterocycles. The average Bonchev–Trinajstić information content (AvgIpc) is 2.91. The quantitative estimate of drug-likeness (QED) is 0.337. The number of carbonyl (C=O) groups is 3. The van der Waals surface area contributed by atoms with E-state index in [0.29, 0.717) is 12.0 Å². The molecule has 0 unspecified atom stereocenters. The molecule has 0 fully saturated rings. The largest absolute Gasteiger partial charge is 0.507 e.